The van der Waals surface area contributed by atoms with Gasteiger partial charge in [0.25, 0.3) is 0 Å². The number of nitrogens with one attached hydrogen (secondary N) is 1. The maximum atomic E-state index is 3.44. The van der Waals surface area contributed by atoms with Crippen molar-refractivity contribution in [3.63, 3.8) is 0 Å². The Morgan fingerprint density at radius 2 is 2.14 bits per heavy atom. The summed E-state index contributed by atoms with van der Waals surface area (Å²) in [5.74, 6) is 0.892. The fraction of sp³-hybridized carbons (Fsp3) is 0.538. The fourth-order valence-electron chi connectivity index (χ4n) is 2.66. The van der Waals surface area contributed by atoms with Crippen LogP contribution >= 0.6 is 0 Å². The summed E-state index contributed by atoms with van der Waals surface area (Å²) < 4.78 is 0. The lowest BCUT2D eigenvalue weighted by atomic mass is 9.76. The van der Waals surface area contributed by atoms with Gasteiger partial charge < -0.3 is 5.32 Å². The molecular weight excluding hydrogens is 170 g/mol. The summed E-state index contributed by atoms with van der Waals surface area (Å²) in [6, 6.07) is 6.87. The van der Waals surface area contributed by atoms with E-state index in [9.17, 15) is 0 Å². The first-order valence-electron chi connectivity index (χ1n) is 5.76. The van der Waals surface area contributed by atoms with Crippen LogP contribution in [0.1, 0.15) is 41.9 Å². The molecule has 1 aliphatic heterocycles. The molecule has 1 saturated carbocycles. The maximum Gasteiger partial charge on any atom is 0.0208 e. The standard InChI is InChI=1S/C13H17N/c1-3-10(4-1)12-6-2-5-11-9-14-8-7-13(11)12/h2,5-6,10,14H,1,3-4,7-9H2. The molecule has 1 aromatic rings. The Morgan fingerprint density at radius 3 is 2.93 bits per heavy atom. The summed E-state index contributed by atoms with van der Waals surface area (Å²) in [6.45, 7) is 2.24. The van der Waals surface area contributed by atoms with E-state index in [1.54, 1.807) is 16.7 Å². The van der Waals surface area contributed by atoms with E-state index >= 15 is 0 Å². The molecule has 0 unspecified atom stereocenters. The minimum absolute atomic E-state index is 0.892. The fourth-order valence-corrected chi connectivity index (χ4v) is 2.66. The van der Waals surface area contributed by atoms with Gasteiger partial charge in [0, 0.05) is 6.54 Å². The molecule has 0 spiro atoms. The predicted molar refractivity (Wildman–Crippen MR) is 58.4 cm³/mol. The van der Waals surface area contributed by atoms with Crippen molar-refractivity contribution in [2.24, 2.45) is 0 Å². The van der Waals surface area contributed by atoms with Gasteiger partial charge in [0.2, 0.25) is 0 Å². The highest BCUT2D eigenvalue weighted by Gasteiger charge is 2.23. The van der Waals surface area contributed by atoms with Crippen molar-refractivity contribution in [2.45, 2.75) is 38.1 Å². The molecule has 0 amide bonds. The zero-order valence-electron chi connectivity index (χ0n) is 8.55. The number of hydrogen-bond acceptors (Lipinski definition) is 1. The Balaban J connectivity index is 2.01. The van der Waals surface area contributed by atoms with E-state index in [0.717, 1.165) is 19.0 Å². The summed E-state index contributed by atoms with van der Waals surface area (Å²) in [5.41, 5.74) is 4.87. The normalized spacial score (nSPS) is 21.4. The van der Waals surface area contributed by atoms with Gasteiger partial charge >= 0.3 is 0 Å². The number of benzene rings is 1. The third kappa shape index (κ3) is 1.27. The molecule has 1 N–H and O–H groups in total. The number of rotatable bonds is 1. The van der Waals surface area contributed by atoms with Gasteiger partial charge in [0.1, 0.15) is 0 Å². The minimum atomic E-state index is 0.892. The molecule has 2 aliphatic rings. The topological polar surface area (TPSA) is 12.0 Å². The van der Waals surface area contributed by atoms with Crippen LogP contribution in [0.4, 0.5) is 0 Å². The van der Waals surface area contributed by atoms with E-state index in [4.69, 9.17) is 0 Å². The van der Waals surface area contributed by atoms with Crippen molar-refractivity contribution in [2.75, 3.05) is 6.54 Å². The summed E-state index contributed by atoms with van der Waals surface area (Å²) in [4.78, 5) is 0. The minimum Gasteiger partial charge on any atom is -0.312 e. The van der Waals surface area contributed by atoms with E-state index < -0.39 is 0 Å². The van der Waals surface area contributed by atoms with Crippen LogP contribution < -0.4 is 5.32 Å². The Bertz CT molecular complexity index is 339. The Labute approximate surface area is 85.5 Å². The third-order valence-corrected chi connectivity index (χ3v) is 3.72. The van der Waals surface area contributed by atoms with Crippen LogP contribution in [0.3, 0.4) is 0 Å². The molecule has 74 valence electrons. The molecule has 1 aliphatic carbocycles. The van der Waals surface area contributed by atoms with E-state index in [-0.39, 0.29) is 0 Å². The van der Waals surface area contributed by atoms with Crippen LogP contribution in [0, 0.1) is 0 Å². The Kier molecular flexibility index (Phi) is 2.06. The average Bonchev–Trinajstić information content (AvgIpc) is 2.16. The molecule has 0 atom stereocenters. The highest BCUT2D eigenvalue weighted by molar-refractivity contribution is 5.39. The Hall–Kier alpha value is -0.820. The van der Waals surface area contributed by atoms with Gasteiger partial charge in [-0.05, 0) is 48.4 Å². The van der Waals surface area contributed by atoms with Crippen molar-refractivity contribution in [3.05, 3.63) is 34.9 Å². The second-order valence-corrected chi connectivity index (χ2v) is 4.54. The molecule has 1 fully saturated rings. The van der Waals surface area contributed by atoms with E-state index in [0.29, 0.717) is 0 Å². The first kappa shape index (κ1) is 8.49. The van der Waals surface area contributed by atoms with E-state index in [2.05, 4.69) is 23.5 Å². The van der Waals surface area contributed by atoms with Gasteiger partial charge in [-0.3, -0.25) is 0 Å². The molecular formula is C13H17N. The molecule has 0 bridgehead atoms. The SMILES string of the molecule is c1cc2c(c(C3CCC3)c1)CCNC2. The average molecular weight is 187 g/mol. The van der Waals surface area contributed by atoms with Crippen molar-refractivity contribution in [1.29, 1.82) is 0 Å². The van der Waals surface area contributed by atoms with Crippen LogP contribution in [-0.2, 0) is 13.0 Å². The molecule has 1 heterocycles. The summed E-state index contributed by atoms with van der Waals surface area (Å²) in [7, 11) is 0. The van der Waals surface area contributed by atoms with Gasteiger partial charge in [-0.25, -0.2) is 0 Å². The van der Waals surface area contributed by atoms with Crippen molar-refractivity contribution in [3.8, 4) is 0 Å². The van der Waals surface area contributed by atoms with Crippen molar-refractivity contribution in [1.82, 2.24) is 5.32 Å². The molecule has 14 heavy (non-hydrogen) atoms. The van der Waals surface area contributed by atoms with Gasteiger partial charge in [0.05, 0.1) is 0 Å². The van der Waals surface area contributed by atoms with E-state index in [1.807, 2.05) is 0 Å². The highest BCUT2D eigenvalue weighted by Crippen LogP contribution is 2.39. The molecule has 1 heteroatoms. The van der Waals surface area contributed by atoms with Crippen LogP contribution in [-0.4, -0.2) is 6.54 Å². The van der Waals surface area contributed by atoms with E-state index in [1.165, 1.54) is 25.7 Å². The van der Waals surface area contributed by atoms with Gasteiger partial charge in [0.15, 0.2) is 0 Å². The Morgan fingerprint density at radius 1 is 1.21 bits per heavy atom. The lowest BCUT2D eigenvalue weighted by Gasteiger charge is -2.30. The second kappa shape index (κ2) is 3.39. The summed E-state index contributed by atoms with van der Waals surface area (Å²) in [5, 5.41) is 3.44. The predicted octanol–water partition coefficient (Wildman–Crippen LogP) is 2.60. The third-order valence-electron chi connectivity index (χ3n) is 3.72. The lowest BCUT2D eigenvalue weighted by molar-refractivity contribution is 0.415. The lowest BCUT2D eigenvalue weighted by Crippen LogP contribution is -2.25. The molecule has 0 radical (unpaired) electrons. The maximum absolute atomic E-state index is 3.44. The molecule has 0 saturated heterocycles. The summed E-state index contributed by atoms with van der Waals surface area (Å²) >= 11 is 0. The molecule has 1 nitrogen and oxygen atoms in total. The van der Waals surface area contributed by atoms with Crippen LogP contribution in [0.5, 0.6) is 0 Å². The van der Waals surface area contributed by atoms with Crippen LogP contribution in [0.2, 0.25) is 0 Å². The smallest absolute Gasteiger partial charge is 0.0208 e. The quantitative estimate of drug-likeness (QED) is 0.712. The van der Waals surface area contributed by atoms with Crippen LogP contribution in [0.25, 0.3) is 0 Å². The number of hydrogen-bond donors (Lipinski definition) is 1. The first-order chi connectivity index (χ1) is 6.95. The highest BCUT2D eigenvalue weighted by atomic mass is 14.9. The number of fused-ring (bicyclic) bond motifs is 1. The monoisotopic (exact) mass is 187 g/mol. The zero-order chi connectivity index (χ0) is 9.38. The second-order valence-electron chi connectivity index (χ2n) is 4.54. The van der Waals surface area contributed by atoms with Gasteiger partial charge in [-0.2, -0.15) is 0 Å². The van der Waals surface area contributed by atoms with Gasteiger partial charge in [-0.15, -0.1) is 0 Å². The zero-order valence-corrected chi connectivity index (χ0v) is 8.55. The molecule has 0 aromatic heterocycles. The first-order valence-corrected chi connectivity index (χ1v) is 5.76. The molecule has 3 rings (SSSR count). The van der Waals surface area contributed by atoms with Crippen LogP contribution in [0.15, 0.2) is 18.2 Å². The van der Waals surface area contributed by atoms with Crippen molar-refractivity contribution >= 4 is 0 Å². The summed E-state index contributed by atoms with van der Waals surface area (Å²) in [6.07, 6.45) is 5.52. The largest absolute Gasteiger partial charge is 0.312 e. The van der Waals surface area contributed by atoms with Crippen molar-refractivity contribution < 1.29 is 0 Å². The van der Waals surface area contributed by atoms with Gasteiger partial charge in [-0.1, -0.05) is 24.6 Å². The molecule has 1 aromatic carbocycles.